The van der Waals surface area contributed by atoms with Crippen molar-refractivity contribution in [3.8, 4) is 0 Å². The van der Waals surface area contributed by atoms with Gasteiger partial charge in [0.15, 0.2) is 0 Å². The van der Waals surface area contributed by atoms with E-state index in [0.29, 0.717) is 0 Å². The van der Waals surface area contributed by atoms with Crippen molar-refractivity contribution in [2.45, 2.75) is 45.6 Å². The first-order chi connectivity index (χ1) is 7.61. The molecule has 0 heterocycles. The summed E-state index contributed by atoms with van der Waals surface area (Å²) in [5, 5.41) is 0. The van der Waals surface area contributed by atoms with Gasteiger partial charge in [-0.05, 0) is 70.7 Å². The number of hydrogen-bond acceptors (Lipinski definition) is 3. The molecule has 2 unspecified atom stereocenters. The summed E-state index contributed by atoms with van der Waals surface area (Å²) in [7, 11) is 2.25. The lowest BCUT2D eigenvalue weighted by molar-refractivity contribution is 0.242. The predicted molar refractivity (Wildman–Crippen MR) is 77.2 cm³/mol. The molecule has 2 atom stereocenters. The zero-order valence-electron chi connectivity index (χ0n) is 11.5. The molecule has 0 saturated heterocycles. The molecule has 0 aliphatic carbocycles. The Kier molecular flexibility index (Phi) is 10.6. The van der Waals surface area contributed by atoms with E-state index < -0.39 is 0 Å². The van der Waals surface area contributed by atoms with E-state index in [0.717, 1.165) is 18.5 Å². The smallest absolute Gasteiger partial charge is 0.00717 e. The second-order valence-corrected chi connectivity index (χ2v) is 5.92. The summed E-state index contributed by atoms with van der Waals surface area (Å²) >= 11 is 1.94. The Morgan fingerprint density at radius 3 is 2.44 bits per heavy atom. The molecule has 0 radical (unpaired) electrons. The van der Waals surface area contributed by atoms with Gasteiger partial charge >= 0.3 is 0 Å². The van der Waals surface area contributed by atoms with E-state index in [9.17, 15) is 0 Å². The Balaban J connectivity index is 3.51. The van der Waals surface area contributed by atoms with Crippen molar-refractivity contribution in [2.75, 3.05) is 32.1 Å². The molecule has 0 aliphatic heterocycles. The zero-order chi connectivity index (χ0) is 12.4. The van der Waals surface area contributed by atoms with Crippen LogP contribution in [0.4, 0.5) is 0 Å². The van der Waals surface area contributed by atoms with Crippen LogP contribution in [0.1, 0.15) is 39.5 Å². The maximum absolute atomic E-state index is 5.55. The maximum atomic E-state index is 5.55. The second kappa shape index (κ2) is 10.4. The third kappa shape index (κ3) is 8.43. The average molecular weight is 246 g/mol. The van der Waals surface area contributed by atoms with Crippen LogP contribution in [0, 0.1) is 5.92 Å². The predicted octanol–water partition coefficient (Wildman–Crippen LogP) is 2.82. The van der Waals surface area contributed by atoms with Gasteiger partial charge in [-0.15, -0.1) is 0 Å². The van der Waals surface area contributed by atoms with Gasteiger partial charge in [0.05, 0.1) is 0 Å². The van der Waals surface area contributed by atoms with Gasteiger partial charge in [-0.2, -0.15) is 11.8 Å². The first-order valence-electron chi connectivity index (χ1n) is 6.51. The van der Waals surface area contributed by atoms with Crippen LogP contribution in [0.5, 0.6) is 0 Å². The second-order valence-electron chi connectivity index (χ2n) is 4.94. The molecular formula is C13H30N2S. The first kappa shape index (κ1) is 16.3. The summed E-state index contributed by atoms with van der Waals surface area (Å²) in [6, 6.07) is 0.720. The number of rotatable bonds is 10. The molecule has 0 aromatic carbocycles. The molecule has 0 amide bonds. The molecular weight excluding hydrogens is 216 g/mol. The number of nitrogens with zero attached hydrogens (tertiary/aromatic N) is 1. The van der Waals surface area contributed by atoms with E-state index in [1.165, 1.54) is 38.0 Å². The van der Waals surface area contributed by atoms with Gasteiger partial charge < -0.3 is 10.6 Å². The number of nitrogens with two attached hydrogens (primary N) is 1. The van der Waals surface area contributed by atoms with Crippen molar-refractivity contribution in [3.05, 3.63) is 0 Å². The highest BCUT2D eigenvalue weighted by molar-refractivity contribution is 7.98. The quantitative estimate of drug-likeness (QED) is 0.643. The van der Waals surface area contributed by atoms with E-state index >= 15 is 0 Å². The fourth-order valence-corrected chi connectivity index (χ4v) is 2.42. The largest absolute Gasteiger partial charge is 0.330 e. The molecule has 0 aromatic rings. The molecule has 0 rings (SSSR count). The Labute approximate surface area is 106 Å². The van der Waals surface area contributed by atoms with Crippen molar-refractivity contribution in [3.63, 3.8) is 0 Å². The van der Waals surface area contributed by atoms with Crippen LogP contribution in [0.3, 0.4) is 0 Å². The average Bonchev–Trinajstić information content (AvgIpc) is 2.26. The number of thioether (sulfide) groups is 1. The van der Waals surface area contributed by atoms with Crippen LogP contribution >= 0.6 is 11.8 Å². The fourth-order valence-electron chi connectivity index (χ4n) is 1.85. The summed E-state index contributed by atoms with van der Waals surface area (Å²) in [4.78, 5) is 2.49. The Hall–Kier alpha value is 0.270. The van der Waals surface area contributed by atoms with Crippen LogP contribution < -0.4 is 5.73 Å². The minimum Gasteiger partial charge on any atom is -0.330 e. The van der Waals surface area contributed by atoms with Gasteiger partial charge in [-0.3, -0.25) is 0 Å². The van der Waals surface area contributed by atoms with Crippen LogP contribution in [-0.4, -0.2) is 43.1 Å². The van der Waals surface area contributed by atoms with E-state index in [4.69, 9.17) is 5.73 Å². The summed E-state index contributed by atoms with van der Waals surface area (Å²) in [6.45, 7) is 6.70. The molecule has 0 aromatic heterocycles. The van der Waals surface area contributed by atoms with Crippen molar-refractivity contribution in [1.82, 2.24) is 4.90 Å². The molecule has 0 saturated carbocycles. The normalized spacial score (nSPS) is 15.4. The standard InChI is InChI=1S/C13H30N2S/c1-12(7-9-14)6-5-10-15(3)13(2)8-11-16-4/h12-13H,5-11,14H2,1-4H3. The highest BCUT2D eigenvalue weighted by Gasteiger charge is 2.08. The monoisotopic (exact) mass is 246 g/mol. The van der Waals surface area contributed by atoms with E-state index in [-0.39, 0.29) is 0 Å². The summed E-state index contributed by atoms with van der Waals surface area (Å²) in [5.74, 6) is 2.06. The van der Waals surface area contributed by atoms with Gasteiger partial charge in [0.25, 0.3) is 0 Å². The summed E-state index contributed by atoms with van der Waals surface area (Å²) in [5.41, 5.74) is 5.55. The summed E-state index contributed by atoms with van der Waals surface area (Å²) in [6.07, 6.45) is 7.28. The van der Waals surface area contributed by atoms with Crippen molar-refractivity contribution < 1.29 is 0 Å². The van der Waals surface area contributed by atoms with Gasteiger partial charge in [0.1, 0.15) is 0 Å². The molecule has 2 nitrogen and oxygen atoms in total. The Morgan fingerprint density at radius 2 is 1.88 bits per heavy atom. The molecule has 0 aliphatic rings. The number of hydrogen-bond donors (Lipinski definition) is 1. The molecule has 3 heteroatoms. The zero-order valence-corrected chi connectivity index (χ0v) is 12.4. The molecule has 2 N–H and O–H groups in total. The minimum absolute atomic E-state index is 0.720. The maximum Gasteiger partial charge on any atom is 0.00717 e. The van der Waals surface area contributed by atoms with Crippen LogP contribution in [-0.2, 0) is 0 Å². The van der Waals surface area contributed by atoms with Crippen LogP contribution in [0.2, 0.25) is 0 Å². The molecule has 0 fully saturated rings. The van der Waals surface area contributed by atoms with Crippen molar-refractivity contribution in [1.29, 1.82) is 0 Å². The van der Waals surface area contributed by atoms with Gasteiger partial charge in [0, 0.05) is 6.04 Å². The van der Waals surface area contributed by atoms with Crippen LogP contribution in [0.25, 0.3) is 0 Å². The topological polar surface area (TPSA) is 29.3 Å². The Bertz CT molecular complexity index is 153. The highest BCUT2D eigenvalue weighted by Crippen LogP contribution is 2.11. The third-order valence-electron chi connectivity index (χ3n) is 3.36. The van der Waals surface area contributed by atoms with E-state index in [2.05, 4.69) is 32.1 Å². The molecule has 0 bridgehead atoms. The van der Waals surface area contributed by atoms with Gasteiger partial charge in [0.2, 0.25) is 0 Å². The molecule has 0 spiro atoms. The van der Waals surface area contributed by atoms with Crippen molar-refractivity contribution >= 4 is 11.8 Å². The first-order valence-corrected chi connectivity index (χ1v) is 7.90. The SMILES string of the molecule is CSCCC(C)N(C)CCCC(C)CCN. The lowest BCUT2D eigenvalue weighted by atomic mass is 10.0. The molecule has 98 valence electrons. The van der Waals surface area contributed by atoms with Crippen molar-refractivity contribution in [2.24, 2.45) is 11.7 Å². The van der Waals surface area contributed by atoms with Crippen LogP contribution in [0.15, 0.2) is 0 Å². The minimum atomic E-state index is 0.720. The fraction of sp³-hybridized carbons (Fsp3) is 1.00. The third-order valence-corrected chi connectivity index (χ3v) is 4.00. The Morgan fingerprint density at radius 1 is 1.19 bits per heavy atom. The molecule has 16 heavy (non-hydrogen) atoms. The lowest BCUT2D eigenvalue weighted by Crippen LogP contribution is -2.30. The lowest BCUT2D eigenvalue weighted by Gasteiger charge is -2.25. The highest BCUT2D eigenvalue weighted by atomic mass is 32.2. The van der Waals surface area contributed by atoms with E-state index in [1.807, 2.05) is 11.8 Å². The van der Waals surface area contributed by atoms with E-state index in [1.54, 1.807) is 0 Å². The van der Waals surface area contributed by atoms with Gasteiger partial charge in [-0.1, -0.05) is 6.92 Å². The summed E-state index contributed by atoms with van der Waals surface area (Å²) < 4.78 is 0. The van der Waals surface area contributed by atoms with Gasteiger partial charge in [-0.25, -0.2) is 0 Å².